The molecule has 0 saturated carbocycles. The predicted molar refractivity (Wildman–Crippen MR) is 75.2 cm³/mol. The van der Waals surface area contributed by atoms with Crippen molar-refractivity contribution in [3.8, 4) is 5.75 Å². The Morgan fingerprint density at radius 3 is 2.65 bits per heavy atom. The lowest BCUT2D eigenvalue weighted by molar-refractivity contribution is -0.385. The van der Waals surface area contributed by atoms with E-state index in [2.05, 4.69) is 10.1 Å². The molecule has 10 heteroatoms. The van der Waals surface area contributed by atoms with E-state index in [4.69, 9.17) is 5.73 Å². The number of rotatable bonds is 7. The van der Waals surface area contributed by atoms with Gasteiger partial charge in [0.25, 0.3) is 11.6 Å². The number of alkyl halides is 3. The van der Waals surface area contributed by atoms with Crippen molar-refractivity contribution in [2.75, 3.05) is 13.2 Å². The van der Waals surface area contributed by atoms with Crippen LogP contribution in [0.4, 0.5) is 18.9 Å². The molecule has 1 unspecified atom stereocenters. The molecule has 1 aromatic rings. The van der Waals surface area contributed by atoms with Crippen molar-refractivity contribution in [2.45, 2.75) is 25.6 Å². The molecule has 1 aromatic carbocycles. The summed E-state index contributed by atoms with van der Waals surface area (Å²) in [6, 6.07) is 2.66. The Morgan fingerprint density at radius 2 is 2.13 bits per heavy atom. The summed E-state index contributed by atoms with van der Waals surface area (Å²) in [6.45, 7) is 0.345. The highest BCUT2D eigenvalue weighted by Crippen LogP contribution is 2.25. The molecule has 7 nitrogen and oxygen atoms in total. The third-order valence-corrected chi connectivity index (χ3v) is 2.70. The number of carbonyl (C=O) groups is 1. The average Bonchev–Trinajstić information content (AvgIpc) is 2.43. The lowest BCUT2D eigenvalue weighted by Crippen LogP contribution is -2.29. The van der Waals surface area contributed by atoms with E-state index in [9.17, 15) is 28.1 Å². The second-order valence-electron chi connectivity index (χ2n) is 4.86. The fraction of sp³-hybridized carbons (Fsp3) is 0.462. The summed E-state index contributed by atoms with van der Waals surface area (Å²) in [5, 5.41) is 13.3. The Bertz CT molecular complexity index is 576. The van der Waals surface area contributed by atoms with E-state index in [1.807, 2.05) is 0 Å². The lowest BCUT2D eigenvalue weighted by atomic mass is 10.1. The molecule has 0 aliphatic carbocycles. The molecule has 1 atom stereocenters. The maximum absolute atomic E-state index is 12.1. The van der Waals surface area contributed by atoms with E-state index in [0.29, 0.717) is 6.42 Å². The number of nitro groups is 1. The highest BCUT2D eigenvalue weighted by atomic mass is 19.4. The number of nitrogens with two attached hydrogens (primary N) is 1. The molecule has 0 radical (unpaired) electrons. The van der Waals surface area contributed by atoms with Crippen molar-refractivity contribution in [3.05, 3.63) is 33.9 Å². The Hall–Kier alpha value is -2.36. The molecule has 23 heavy (non-hydrogen) atoms. The quantitative estimate of drug-likeness (QED) is 0.585. The van der Waals surface area contributed by atoms with Gasteiger partial charge in [-0.25, -0.2) is 0 Å². The molecular weight excluding hydrogens is 319 g/mol. The summed E-state index contributed by atoms with van der Waals surface area (Å²) in [5.41, 5.74) is 4.61. The van der Waals surface area contributed by atoms with Crippen LogP contribution < -0.4 is 15.8 Å². The van der Waals surface area contributed by atoms with Crippen LogP contribution in [0, 0.1) is 10.1 Å². The summed E-state index contributed by atoms with van der Waals surface area (Å²) < 4.78 is 40.9. The van der Waals surface area contributed by atoms with E-state index in [-0.39, 0.29) is 23.9 Å². The van der Waals surface area contributed by atoms with E-state index in [1.165, 1.54) is 0 Å². The molecule has 1 amide bonds. The molecule has 128 valence electrons. The number of hydrogen-bond acceptors (Lipinski definition) is 5. The second kappa shape index (κ2) is 7.77. The number of ether oxygens (including phenoxy) is 1. The number of nitrogens with one attached hydrogen (secondary N) is 1. The minimum absolute atomic E-state index is 0.174. The van der Waals surface area contributed by atoms with Crippen LogP contribution in [0.1, 0.15) is 23.7 Å². The Morgan fingerprint density at radius 1 is 1.48 bits per heavy atom. The number of benzene rings is 1. The molecule has 0 spiro atoms. The van der Waals surface area contributed by atoms with Gasteiger partial charge in [0.1, 0.15) is 11.3 Å². The van der Waals surface area contributed by atoms with E-state index in [1.54, 1.807) is 6.92 Å². The van der Waals surface area contributed by atoms with Gasteiger partial charge in [-0.15, -0.1) is 0 Å². The number of hydrogen-bond donors (Lipinski definition) is 2. The van der Waals surface area contributed by atoms with Crippen molar-refractivity contribution in [1.82, 2.24) is 5.32 Å². The molecule has 0 aliphatic rings. The third-order valence-electron chi connectivity index (χ3n) is 2.70. The van der Waals surface area contributed by atoms with Crippen LogP contribution in [0.2, 0.25) is 0 Å². The van der Waals surface area contributed by atoms with Crippen molar-refractivity contribution >= 4 is 11.6 Å². The van der Waals surface area contributed by atoms with Gasteiger partial charge in [-0.3, -0.25) is 14.9 Å². The van der Waals surface area contributed by atoms with E-state index >= 15 is 0 Å². The molecular formula is C13H16F3N3O4. The topological polar surface area (TPSA) is 107 Å². The normalized spacial score (nSPS) is 12.6. The fourth-order valence-electron chi connectivity index (χ4n) is 1.62. The zero-order valence-corrected chi connectivity index (χ0v) is 12.2. The Balaban J connectivity index is 2.92. The number of halogens is 3. The standard InChI is InChI=1S/C13H16F3N3O4/c1-8(17)4-5-18-12(20)10-6-9(23-7-13(14,15)16)2-3-11(10)19(21)22/h2-3,6,8H,4-5,7,17H2,1H3,(H,18,20). The molecule has 0 aliphatic heterocycles. The zero-order valence-electron chi connectivity index (χ0n) is 12.2. The first-order chi connectivity index (χ1) is 10.6. The van der Waals surface area contributed by atoms with Gasteiger partial charge >= 0.3 is 6.18 Å². The molecule has 0 saturated heterocycles. The minimum atomic E-state index is -4.55. The molecule has 0 fully saturated rings. The summed E-state index contributed by atoms with van der Waals surface area (Å²) in [5.74, 6) is -1.07. The minimum Gasteiger partial charge on any atom is -0.484 e. The van der Waals surface area contributed by atoms with Crippen molar-refractivity contribution < 1.29 is 27.6 Å². The van der Waals surface area contributed by atoms with Crippen LogP contribution in [-0.4, -0.2) is 36.2 Å². The molecule has 3 N–H and O–H groups in total. The number of nitro benzene ring substituents is 1. The van der Waals surface area contributed by atoms with Crippen molar-refractivity contribution in [3.63, 3.8) is 0 Å². The first-order valence-electron chi connectivity index (χ1n) is 6.62. The molecule has 0 heterocycles. The summed E-state index contributed by atoms with van der Waals surface area (Å²) in [7, 11) is 0. The number of nitrogens with zero attached hydrogens (tertiary/aromatic N) is 1. The van der Waals surface area contributed by atoms with Gasteiger partial charge in [-0.05, 0) is 25.5 Å². The lowest BCUT2D eigenvalue weighted by Gasteiger charge is -2.11. The van der Waals surface area contributed by atoms with Gasteiger partial charge in [0.2, 0.25) is 0 Å². The Kier molecular flexibility index (Phi) is 6.31. The van der Waals surface area contributed by atoms with Crippen molar-refractivity contribution in [1.29, 1.82) is 0 Å². The van der Waals surface area contributed by atoms with Crippen LogP contribution in [0.15, 0.2) is 18.2 Å². The van der Waals surface area contributed by atoms with E-state index in [0.717, 1.165) is 18.2 Å². The molecule has 0 bridgehead atoms. The van der Waals surface area contributed by atoms with Crippen LogP contribution in [0.3, 0.4) is 0 Å². The average molecular weight is 335 g/mol. The van der Waals surface area contributed by atoms with Crippen LogP contribution in [0.5, 0.6) is 5.75 Å². The first-order valence-corrected chi connectivity index (χ1v) is 6.62. The van der Waals surface area contributed by atoms with E-state index < -0.39 is 29.3 Å². The van der Waals surface area contributed by atoms with Gasteiger partial charge in [0.15, 0.2) is 6.61 Å². The van der Waals surface area contributed by atoms with Gasteiger partial charge in [-0.1, -0.05) is 0 Å². The number of amides is 1. The maximum atomic E-state index is 12.1. The second-order valence-corrected chi connectivity index (χ2v) is 4.86. The fourth-order valence-corrected chi connectivity index (χ4v) is 1.62. The largest absolute Gasteiger partial charge is 0.484 e. The smallest absolute Gasteiger partial charge is 0.422 e. The molecule has 1 rings (SSSR count). The highest BCUT2D eigenvalue weighted by molar-refractivity contribution is 5.98. The first kappa shape index (κ1) is 18.7. The van der Waals surface area contributed by atoms with Gasteiger partial charge in [0, 0.05) is 18.7 Å². The summed E-state index contributed by atoms with van der Waals surface area (Å²) in [4.78, 5) is 22.1. The summed E-state index contributed by atoms with van der Waals surface area (Å²) >= 11 is 0. The number of carbonyl (C=O) groups excluding carboxylic acids is 1. The van der Waals surface area contributed by atoms with Gasteiger partial charge in [0.05, 0.1) is 4.92 Å². The van der Waals surface area contributed by atoms with Crippen molar-refractivity contribution in [2.24, 2.45) is 5.73 Å². The van der Waals surface area contributed by atoms with Crippen LogP contribution in [-0.2, 0) is 0 Å². The maximum Gasteiger partial charge on any atom is 0.422 e. The molecule has 0 aromatic heterocycles. The van der Waals surface area contributed by atoms with Gasteiger partial charge in [-0.2, -0.15) is 13.2 Å². The van der Waals surface area contributed by atoms with Gasteiger partial charge < -0.3 is 15.8 Å². The predicted octanol–water partition coefficient (Wildman–Crippen LogP) is 2.00. The zero-order chi connectivity index (χ0) is 17.6. The summed E-state index contributed by atoms with van der Waals surface area (Å²) in [6.07, 6.45) is -4.11. The highest BCUT2D eigenvalue weighted by Gasteiger charge is 2.29. The Labute approximate surface area is 129 Å². The van der Waals surface area contributed by atoms with Crippen LogP contribution >= 0.6 is 0 Å². The van der Waals surface area contributed by atoms with Crippen LogP contribution in [0.25, 0.3) is 0 Å². The monoisotopic (exact) mass is 335 g/mol. The third kappa shape index (κ3) is 6.51. The SMILES string of the molecule is CC(N)CCNC(=O)c1cc(OCC(F)(F)F)ccc1[N+](=O)[O-].